The van der Waals surface area contributed by atoms with E-state index in [2.05, 4.69) is 4.98 Å². The molecule has 0 radical (unpaired) electrons. The van der Waals surface area contributed by atoms with Crippen LogP contribution >= 0.6 is 24.0 Å². The van der Waals surface area contributed by atoms with Crippen molar-refractivity contribution in [1.29, 1.82) is 0 Å². The van der Waals surface area contributed by atoms with Gasteiger partial charge >= 0.3 is 6.18 Å². The molecule has 8 heteroatoms. The zero-order valence-corrected chi connectivity index (χ0v) is 12.1. The molecule has 0 aliphatic rings. The number of thioether (sulfide) groups is 1. The van der Waals surface area contributed by atoms with Crippen LogP contribution in [0.5, 0.6) is 0 Å². The van der Waals surface area contributed by atoms with Gasteiger partial charge in [0.25, 0.3) is 0 Å². The first kappa shape index (κ1) is 16.0. The Labute approximate surface area is 119 Å². The van der Waals surface area contributed by atoms with Gasteiger partial charge in [-0.1, -0.05) is 12.2 Å². The number of pyridine rings is 1. The van der Waals surface area contributed by atoms with Gasteiger partial charge in [-0.15, -0.1) is 0 Å². The molecule has 0 amide bonds. The largest absolute Gasteiger partial charge is 0.433 e. The van der Waals surface area contributed by atoms with Crippen LogP contribution in [0.25, 0.3) is 0 Å². The van der Waals surface area contributed by atoms with Gasteiger partial charge in [0.2, 0.25) is 0 Å². The molecule has 0 atom stereocenters. The summed E-state index contributed by atoms with van der Waals surface area (Å²) in [6.45, 7) is 0.561. The molecule has 19 heavy (non-hydrogen) atoms. The molecule has 0 fully saturated rings. The third-order valence-corrected chi connectivity index (χ3v) is 3.23. The van der Waals surface area contributed by atoms with Gasteiger partial charge in [-0.3, -0.25) is 0 Å². The lowest BCUT2D eigenvalue weighted by atomic mass is 10.2. The third kappa shape index (κ3) is 4.24. The summed E-state index contributed by atoms with van der Waals surface area (Å²) in [4.78, 5) is 5.30. The van der Waals surface area contributed by atoms with Crippen molar-refractivity contribution in [2.75, 3.05) is 30.5 Å². The number of thiocarbonyl (C=S) groups is 1. The van der Waals surface area contributed by atoms with E-state index in [9.17, 15) is 13.2 Å². The van der Waals surface area contributed by atoms with E-state index in [1.165, 1.54) is 6.07 Å². The minimum absolute atomic E-state index is 0.0345. The normalized spacial score (nSPS) is 11.4. The fourth-order valence-corrected chi connectivity index (χ4v) is 2.04. The summed E-state index contributed by atoms with van der Waals surface area (Å²) in [5, 5.41) is 0. The highest BCUT2D eigenvalue weighted by molar-refractivity contribution is 7.98. The second-order valence-electron chi connectivity index (χ2n) is 3.84. The van der Waals surface area contributed by atoms with Crippen molar-refractivity contribution in [3.05, 3.63) is 23.4 Å². The number of nitrogens with zero attached hydrogens (tertiary/aromatic N) is 2. The molecule has 0 saturated heterocycles. The molecule has 0 bridgehead atoms. The predicted molar refractivity (Wildman–Crippen MR) is 76.8 cm³/mol. The van der Waals surface area contributed by atoms with Crippen LogP contribution in [-0.4, -0.2) is 35.6 Å². The van der Waals surface area contributed by atoms with E-state index in [1.807, 2.05) is 6.26 Å². The number of hydrogen-bond donors (Lipinski definition) is 1. The SMILES string of the molecule is CSCCN(C)c1nc(C(F)(F)F)ccc1C(N)=S. The fraction of sp³-hybridized carbons (Fsp3) is 0.455. The molecular weight excluding hydrogens is 295 g/mol. The van der Waals surface area contributed by atoms with Crippen LogP contribution in [0.3, 0.4) is 0 Å². The van der Waals surface area contributed by atoms with Crippen LogP contribution in [0, 0.1) is 0 Å². The third-order valence-electron chi connectivity index (χ3n) is 2.42. The zero-order chi connectivity index (χ0) is 14.6. The van der Waals surface area contributed by atoms with Crippen LogP contribution < -0.4 is 10.6 Å². The molecule has 106 valence electrons. The van der Waals surface area contributed by atoms with Crippen LogP contribution in [0.4, 0.5) is 19.0 Å². The first-order chi connectivity index (χ1) is 8.77. The Morgan fingerprint density at radius 1 is 1.47 bits per heavy atom. The van der Waals surface area contributed by atoms with Crippen molar-refractivity contribution in [1.82, 2.24) is 4.98 Å². The Hall–Kier alpha value is -1.02. The molecule has 0 unspecified atom stereocenters. The van der Waals surface area contributed by atoms with Gasteiger partial charge in [-0.2, -0.15) is 24.9 Å². The molecule has 3 nitrogen and oxygen atoms in total. The highest BCUT2D eigenvalue weighted by Gasteiger charge is 2.33. The summed E-state index contributed by atoms with van der Waals surface area (Å²) in [5.74, 6) is 0.932. The number of halogens is 3. The van der Waals surface area contributed by atoms with E-state index in [0.717, 1.165) is 11.8 Å². The quantitative estimate of drug-likeness (QED) is 0.847. The van der Waals surface area contributed by atoms with Crippen LogP contribution in [0.1, 0.15) is 11.3 Å². The number of rotatable bonds is 5. The minimum Gasteiger partial charge on any atom is -0.389 e. The maximum atomic E-state index is 12.7. The monoisotopic (exact) mass is 309 g/mol. The lowest BCUT2D eigenvalue weighted by Gasteiger charge is -2.21. The fourth-order valence-electron chi connectivity index (χ4n) is 1.42. The summed E-state index contributed by atoms with van der Waals surface area (Å²) in [6, 6.07) is 2.16. The van der Waals surface area contributed by atoms with Crippen molar-refractivity contribution in [2.45, 2.75) is 6.18 Å². The summed E-state index contributed by atoms with van der Waals surface area (Å²) < 4.78 is 38.0. The molecule has 1 heterocycles. The molecular formula is C11H14F3N3S2. The van der Waals surface area contributed by atoms with Crippen molar-refractivity contribution < 1.29 is 13.2 Å². The van der Waals surface area contributed by atoms with Gasteiger partial charge in [-0.25, -0.2) is 4.98 Å². The van der Waals surface area contributed by atoms with Crippen molar-refractivity contribution in [2.24, 2.45) is 5.73 Å². The van der Waals surface area contributed by atoms with Crippen molar-refractivity contribution in [3.63, 3.8) is 0 Å². The first-order valence-corrected chi connectivity index (χ1v) is 7.15. The smallest absolute Gasteiger partial charge is 0.389 e. The molecule has 0 saturated carbocycles. The van der Waals surface area contributed by atoms with Gasteiger partial charge < -0.3 is 10.6 Å². The Balaban J connectivity index is 3.19. The highest BCUT2D eigenvalue weighted by atomic mass is 32.2. The van der Waals surface area contributed by atoms with Gasteiger partial charge in [0.15, 0.2) is 0 Å². The molecule has 1 rings (SSSR count). The van der Waals surface area contributed by atoms with Gasteiger partial charge in [0, 0.05) is 19.3 Å². The Morgan fingerprint density at radius 2 is 2.11 bits per heavy atom. The maximum Gasteiger partial charge on any atom is 0.433 e. The number of hydrogen-bond acceptors (Lipinski definition) is 4. The van der Waals surface area contributed by atoms with E-state index in [4.69, 9.17) is 18.0 Å². The molecule has 1 aromatic heterocycles. The first-order valence-electron chi connectivity index (χ1n) is 5.35. The summed E-state index contributed by atoms with van der Waals surface area (Å²) in [5.41, 5.74) is 4.93. The average Bonchev–Trinajstić information content (AvgIpc) is 2.33. The van der Waals surface area contributed by atoms with E-state index in [0.29, 0.717) is 12.1 Å². The van der Waals surface area contributed by atoms with E-state index in [1.54, 1.807) is 23.7 Å². The molecule has 0 aliphatic carbocycles. The molecule has 0 aliphatic heterocycles. The van der Waals surface area contributed by atoms with Crippen molar-refractivity contribution in [3.8, 4) is 0 Å². The van der Waals surface area contributed by atoms with E-state index in [-0.39, 0.29) is 10.8 Å². The van der Waals surface area contributed by atoms with Crippen LogP contribution in [0.15, 0.2) is 12.1 Å². The standard InChI is InChI=1S/C11H14F3N3S2/c1-17(5-6-19-2)10-7(9(15)18)3-4-8(16-10)11(12,13)14/h3-4H,5-6H2,1-2H3,(H2,15,18). The topological polar surface area (TPSA) is 42.2 Å². The van der Waals surface area contributed by atoms with E-state index < -0.39 is 11.9 Å². The summed E-state index contributed by atoms with van der Waals surface area (Å²) in [7, 11) is 1.67. The van der Waals surface area contributed by atoms with E-state index >= 15 is 0 Å². The van der Waals surface area contributed by atoms with Crippen molar-refractivity contribution >= 4 is 34.8 Å². The van der Waals surface area contributed by atoms with Crippen LogP contribution in [-0.2, 0) is 6.18 Å². The molecule has 1 aromatic rings. The maximum absolute atomic E-state index is 12.7. The molecule has 2 N–H and O–H groups in total. The Kier molecular flexibility index (Phi) is 5.42. The number of nitrogens with two attached hydrogens (primary N) is 1. The zero-order valence-electron chi connectivity index (χ0n) is 10.5. The van der Waals surface area contributed by atoms with Gasteiger partial charge in [0.05, 0.1) is 5.56 Å². The van der Waals surface area contributed by atoms with Gasteiger partial charge in [0.1, 0.15) is 16.5 Å². The lowest BCUT2D eigenvalue weighted by Crippen LogP contribution is -2.26. The second kappa shape index (κ2) is 6.42. The summed E-state index contributed by atoms with van der Waals surface area (Å²) in [6.07, 6.45) is -2.56. The predicted octanol–water partition coefficient (Wildman–Crippen LogP) is 2.53. The van der Waals surface area contributed by atoms with Gasteiger partial charge in [-0.05, 0) is 18.4 Å². The van der Waals surface area contributed by atoms with Crippen LogP contribution in [0.2, 0.25) is 0 Å². The number of anilines is 1. The number of aromatic nitrogens is 1. The number of alkyl halides is 3. The Bertz CT molecular complexity index is 463. The highest BCUT2D eigenvalue weighted by Crippen LogP contribution is 2.30. The second-order valence-corrected chi connectivity index (χ2v) is 5.27. The molecule has 0 aromatic carbocycles. The average molecular weight is 309 g/mol. The molecule has 0 spiro atoms. The lowest BCUT2D eigenvalue weighted by molar-refractivity contribution is -0.141. The summed E-state index contributed by atoms with van der Waals surface area (Å²) >= 11 is 6.44. The Morgan fingerprint density at radius 3 is 2.58 bits per heavy atom. The minimum atomic E-state index is -4.48.